The molecule has 1 N–H and O–H groups in total. The van der Waals surface area contributed by atoms with E-state index < -0.39 is 0 Å². The maximum Gasteiger partial charge on any atom is 0.302 e. The molecular formula is C17H25NO3. The summed E-state index contributed by atoms with van der Waals surface area (Å²) in [7, 11) is 4.07. The van der Waals surface area contributed by atoms with Crippen molar-refractivity contribution in [2.45, 2.75) is 44.8 Å². The van der Waals surface area contributed by atoms with Gasteiger partial charge in [0.1, 0.15) is 11.9 Å². The van der Waals surface area contributed by atoms with E-state index in [4.69, 9.17) is 4.74 Å². The largest absolute Gasteiger partial charge is 0.508 e. The van der Waals surface area contributed by atoms with Crippen molar-refractivity contribution in [2.24, 2.45) is 5.92 Å². The fourth-order valence-electron chi connectivity index (χ4n) is 3.48. The summed E-state index contributed by atoms with van der Waals surface area (Å²) in [4.78, 5) is 13.5. The zero-order valence-corrected chi connectivity index (χ0v) is 13.1. The van der Waals surface area contributed by atoms with E-state index in [-0.39, 0.29) is 29.8 Å². The van der Waals surface area contributed by atoms with E-state index in [1.54, 1.807) is 6.07 Å². The van der Waals surface area contributed by atoms with Gasteiger partial charge < -0.3 is 14.7 Å². The minimum absolute atomic E-state index is 0.0361. The lowest BCUT2D eigenvalue weighted by atomic mass is 9.78. The van der Waals surface area contributed by atoms with Gasteiger partial charge in [0, 0.05) is 18.9 Å². The quantitative estimate of drug-likeness (QED) is 0.866. The summed E-state index contributed by atoms with van der Waals surface area (Å²) in [5, 5.41) is 9.75. The first-order valence-electron chi connectivity index (χ1n) is 7.61. The second-order valence-electron chi connectivity index (χ2n) is 6.10. The molecule has 2 rings (SSSR count). The van der Waals surface area contributed by atoms with Crippen LogP contribution in [-0.4, -0.2) is 36.2 Å². The Labute approximate surface area is 126 Å². The van der Waals surface area contributed by atoms with Crippen LogP contribution in [0.1, 0.15) is 44.2 Å². The summed E-state index contributed by atoms with van der Waals surface area (Å²) >= 11 is 0. The molecule has 0 radical (unpaired) electrons. The van der Waals surface area contributed by atoms with Crippen LogP contribution in [0.2, 0.25) is 0 Å². The van der Waals surface area contributed by atoms with Crippen LogP contribution in [-0.2, 0) is 9.53 Å². The van der Waals surface area contributed by atoms with Crippen LogP contribution in [0.25, 0.3) is 0 Å². The number of nitrogens with zero attached hydrogens (tertiary/aromatic N) is 1. The molecule has 1 aliphatic rings. The fourth-order valence-corrected chi connectivity index (χ4v) is 3.48. The van der Waals surface area contributed by atoms with Gasteiger partial charge in [-0.2, -0.15) is 0 Å². The molecule has 4 heteroatoms. The molecule has 1 saturated carbocycles. The SMILES string of the molecule is CC(=O)OC1CCCCC1C(c1cccc(O)c1)N(C)C. The maximum absolute atomic E-state index is 11.4. The van der Waals surface area contributed by atoms with E-state index >= 15 is 0 Å². The Morgan fingerprint density at radius 2 is 2.05 bits per heavy atom. The van der Waals surface area contributed by atoms with Gasteiger partial charge in [-0.1, -0.05) is 18.6 Å². The number of phenolic OH excluding ortho intramolecular Hbond substituents is 1. The van der Waals surface area contributed by atoms with Crippen LogP contribution in [0.15, 0.2) is 24.3 Å². The number of carbonyl (C=O) groups excluding carboxylic acids is 1. The normalized spacial score (nSPS) is 23.8. The monoisotopic (exact) mass is 291 g/mol. The Morgan fingerprint density at radius 3 is 2.67 bits per heavy atom. The molecule has 0 heterocycles. The van der Waals surface area contributed by atoms with Crippen LogP contribution < -0.4 is 0 Å². The van der Waals surface area contributed by atoms with Crippen molar-refractivity contribution < 1.29 is 14.6 Å². The van der Waals surface area contributed by atoms with Crippen molar-refractivity contribution in [3.8, 4) is 5.75 Å². The number of benzene rings is 1. The molecule has 0 amide bonds. The Hall–Kier alpha value is -1.55. The number of hydrogen-bond donors (Lipinski definition) is 1. The van der Waals surface area contributed by atoms with Crippen molar-refractivity contribution in [3.63, 3.8) is 0 Å². The summed E-state index contributed by atoms with van der Waals surface area (Å²) in [6.07, 6.45) is 4.19. The minimum Gasteiger partial charge on any atom is -0.508 e. The van der Waals surface area contributed by atoms with E-state index in [0.29, 0.717) is 0 Å². The van der Waals surface area contributed by atoms with Gasteiger partial charge >= 0.3 is 5.97 Å². The lowest BCUT2D eigenvalue weighted by molar-refractivity contribution is -0.152. The highest BCUT2D eigenvalue weighted by atomic mass is 16.5. The molecule has 0 spiro atoms. The number of hydrogen-bond acceptors (Lipinski definition) is 4. The lowest BCUT2D eigenvalue weighted by Gasteiger charge is -2.39. The fraction of sp³-hybridized carbons (Fsp3) is 0.588. The standard InChI is InChI=1S/C17H25NO3/c1-12(19)21-16-10-5-4-9-15(16)17(18(2)3)13-7-6-8-14(20)11-13/h6-8,11,15-17,20H,4-5,9-10H2,1-3H3. The van der Waals surface area contributed by atoms with Gasteiger partial charge in [0.15, 0.2) is 0 Å². The number of aromatic hydroxyl groups is 1. The third-order valence-electron chi connectivity index (χ3n) is 4.24. The molecule has 21 heavy (non-hydrogen) atoms. The Morgan fingerprint density at radius 1 is 1.33 bits per heavy atom. The van der Waals surface area contributed by atoms with Gasteiger partial charge in [0.25, 0.3) is 0 Å². The number of ether oxygens (including phenoxy) is 1. The maximum atomic E-state index is 11.4. The van der Waals surface area contributed by atoms with Crippen LogP contribution in [0.5, 0.6) is 5.75 Å². The average molecular weight is 291 g/mol. The van der Waals surface area contributed by atoms with Crippen molar-refractivity contribution in [1.29, 1.82) is 0 Å². The van der Waals surface area contributed by atoms with Gasteiger partial charge in [0.05, 0.1) is 0 Å². The van der Waals surface area contributed by atoms with Gasteiger partial charge in [0.2, 0.25) is 0 Å². The van der Waals surface area contributed by atoms with Gasteiger partial charge in [-0.3, -0.25) is 4.79 Å². The molecule has 1 fully saturated rings. The highest BCUT2D eigenvalue weighted by molar-refractivity contribution is 5.66. The predicted molar refractivity (Wildman–Crippen MR) is 82.0 cm³/mol. The summed E-state index contributed by atoms with van der Waals surface area (Å²) in [6.45, 7) is 1.48. The average Bonchev–Trinajstić information content (AvgIpc) is 2.40. The van der Waals surface area contributed by atoms with E-state index in [1.165, 1.54) is 6.92 Å². The number of rotatable bonds is 4. The Bertz CT molecular complexity index is 487. The smallest absolute Gasteiger partial charge is 0.302 e. The summed E-state index contributed by atoms with van der Waals surface area (Å²) in [5.74, 6) is 0.332. The first-order chi connectivity index (χ1) is 9.99. The summed E-state index contributed by atoms with van der Waals surface area (Å²) in [6, 6.07) is 7.53. The molecule has 4 nitrogen and oxygen atoms in total. The molecule has 1 aromatic carbocycles. The van der Waals surface area contributed by atoms with Crippen molar-refractivity contribution in [1.82, 2.24) is 4.90 Å². The third-order valence-corrected chi connectivity index (χ3v) is 4.24. The van der Waals surface area contributed by atoms with Crippen LogP contribution in [0.4, 0.5) is 0 Å². The summed E-state index contributed by atoms with van der Waals surface area (Å²) in [5.41, 5.74) is 1.07. The molecular weight excluding hydrogens is 266 g/mol. The Kier molecular flexibility index (Phi) is 5.23. The zero-order valence-electron chi connectivity index (χ0n) is 13.1. The third kappa shape index (κ3) is 3.97. The predicted octanol–water partition coefficient (Wildman–Crippen LogP) is 3.12. The van der Waals surface area contributed by atoms with Crippen LogP contribution >= 0.6 is 0 Å². The van der Waals surface area contributed by atoms with E-state index in [1.807, 2.05) is 32.3 Å². The van der Waals surface area contributed by atoms with E-state index in [9.17, 15) is 9.90 Å². The van der Waals surface area contributed by atoms with Gasteiger partial charge in [-0.05, 0) is 51.1 Å². The zero-order chi connectivity index (χ0) is 15.4. The number of esters is 1. The van der Waals surface area contributed by atoms with E-state index in [0.717, 1.165) is 31.2 Å². The lowest BCUT2D eigenvalue weighted by Crippen LogP contribution is -2.39. The molecule has 1 aliphatic carbocycles. The molecule has 0 saturated heterocycles. The second kappa shape index (κ2) is 6.94. The van der Waals surface area contributed by atoms with Gasteiger partial charge in [-0.25, -0.2) is 0 Å². The van der Waals surface area contributed by atoms with Crippen molar-refractivity contribution in [3.05, 3.63) is 29.8 Å². The first kappa shape index (κ1) is 15.8. The molecule has 0 aliphatic heterocycles. The molecule has 0 bridgehead atoms. The molecule has 3 unspecified atom stereocenters. The summed E-state index contributed by atoms with van der Waals surface area (Å²) < 4.78 is 5.56. The van der Waals surface area contributed by atoms with Crippen LogP contribution in [0.3, 0.4) is 0 Å². The van der Waals surface area contributed by atoms with Gasteiger partial charge in [-0.15, -0.1) is 0 Å². The highest BCUT2D eigenvalue weighted by Crippen LogP contribution is 2.39. The highest BCUT2D eigenvalue weighted by Gasteiger charge is 2.35. The number of carbonyl (C=O) groups is 1. The second-order valence-corrected chi connectivity index (χ2v) is 6.10. The number of phenols is 1. The van der Waals surface area contributed by atoms with Crippen LogP contribution in [0, 0.1) is 5.92 Å². The van der Waals surface area contributed by atoms with Crippen molar-refractivity contribution in [2.75, 3.05) is 14.1 Å². The molecule has 116 valence electrons. The molecule has 1 aromatic rings. The topological polar surface area (TPSA) is 49.8 Å². The van der Waals surface area contributed by atoms with Crippen molar-refractivity contribution >= 4 is 5.97 Å². The molecule has 3 atom stereocenters. The van der Waals surface area contributed by atoms with E-state index in [2.05, 4.69) is 4.90 Å². The first-order valence-corrected chi connectivity index (χ1v) is 7.61. The molecule has 0 aromatic heterocycles. The Balaban J connectivity index is 2.28. The minimum atomic E-state index is -0.208.